The van der Waals surface area contributed by atoms with Gasteiger partial charge >= 0.3 is 0 Å². The SMILES string of the molecule is CC(C)CC1(CNCc2cc(F)cc(C#N)c2)CCCC1. The first-order chi connectivity index (χ1) is 10.0. The van der Waals surface area contributed by atoms with Gasteiger partial charge in [-0.3, -0.25) is 0 Å². The second kappa shape index (κ2) is 7.04. The fraction of sp³-hybridized carbons (Fsp3) is 0.611. The average molecular weight is 288 g/mol. The summed E-state index contributed by atoms with van der Waals surface area (Å²) in [6.45, 7) is 6.19. The van der Waals surface area contributed by atoms with Crippen molar-refractivity contribution in [1.29, 1.82) is 5.26 Å². The normalized spacial score (nSPS) is 17.1. The smallest absolute Gasteiger partial charge is 0.124 e. The molecule has 1 aromatic rings. The van der Waals surface area contributed by atoms with Gasteiger partial charge in [-0.2, -0.15) is 5.26 Å². The van der Waals surface area contributed by atoms with Crippen LogP contribution in [-0.2, 0) is 6.54 Å². The Balaban J connectivity index is 1.93. The van der Waals surface area contributed by atoms with E-state index in [9.17, 15) is 4.39 Å². The minimum absolute atomic E-state index is 0.330. The van der Waals surface area contributed by atoms with Crippen LogP contribution in [0.1, 0.15) is 57.1 Å². The minimum Gasteiger partial charge on any atom is -0.312 e. The van der Waals surface area contributed by atoms with E-state index in [1.54, 1.807) is 6.07 Å². The van der Waals surface area contributed by atoms with Gasteiger partial charge in [0.15, 0.2) is 0 Å². The molecular formula is C18H25FN2. The number of nitrogens with one attached hydrogen (secondary N) is 1. The van der Waals surface area contributed by atoms with Crippen LogP contribution in [0.25, 0.3) is 0 Å². The van der Waals surface area contributed by atoms with Gasteiger partial charge in [0.2, 0.25) is 0 Å². The maximum absolute atomic E-state index is 13.4. The molecule has 0 heterocycles. The molecule has 0 amide bonds. The molecule has 0 atom stereocenters. The zero-order valence-corrected chi connectivity index (χ0v) is 13.1. The number of hydrogen-bond donors (Lipinski definition) is 1. The highest BCUT2D eigenvalue weighted by molar-refractivity contribution is 5.33. The van der Waals surface area contributed by atoms with E-state index in [0.717, 1.165) is 12.1 Å². The lowest BCUT2D eigenvalue weighted by Crippen LogP contribution is -2.33. The molecule has 0 saturated heterocycles. The summed E-state index contributed by atoms with van der Waals surface area (Å²) in [4.78, 5) is 0. The number of benzene rings is 1. The van der Waals surface area contributed by atoms with E-state index in [2.05, 4.69) is 19.2 Å². The molecule has 1 saturated carbocycles. The van der Waals surface area contributed by atoms with Crippen LogP contribution in [0.3, 0.4) is 0 Å². The molecule has 0 unspecified atom stereocenters. The molecule has 2 rings (SSSR count). The summed E-state index contributed by atoms with van der Waals surface area (Å²) in [5, 5.41) is 12.4. The van der Waals surface area contributed by atoms with Crippen molar-refractivity contribution in [2.45, 2.75) is 52.5 Å². The Labute approximate surface area is 127 Å². The summed E-state index contributed by atoms with van der Waals surface area (Å²) in [6.07, 6.45) is 6.50. The average Bonchev–Trinajstić information content (AvgIpc) is 2.85. The van der Waals surface area contributed by atoms with Crippen molar-refractivity contribution in [1.82, 2.24) is 5.32 Å². The predicted octanol–water partition coefficient (Wildman–Crippen LogP) is 4.39. The number of hydrogen-bond acceptors (Lipinski definition) is 2. The van der Waals surface area contributed by atoms with E-state index in [1.165, 1.54) is 44.2 Å². The van der Waals surface area contributed by atoms with Crippen LogP contribution in [0.15, 0.2) is 18.2 Å². The van der Waals surface area contributed by atoms with Gasteiger partial charge in [0.25, 0.3) is 0 Å². The first-order valence-corrected chi connectivity index (χ1v) is 7.93. The monoisotopic (exact) mass is 288 g/mol. The molecule has 0 aliphatic heterocycles. The largest absolute Gasteiger partial charge is 0.312 e. The van der Waals surface area contributed by atoms with E-state index in [4.69, 9.17) is 5.26 Å². The second-order valence-electron chi connectivity index (χ2n) is 6.87. The Morgan fingerprint density at radius 2 is 2.00 bits per heavy atom. The lowest BCUT2D eigenvalue weighted by molar-refractivity contribution is 0.223. The zero-order valence-electron chi connectivity index (χ0n) is 13.1. The highest BCUT2D eigenvalue weighted by atomic mass is 19.1. The molecule has 1 fully saturated rings. The van der Waals surface area contributed by atoms with Crippen molar-refractivity contribution in [3.63, 3.8) is 0 Å². The highest BCUT2D eigenvalue weighted by Crippen LogP contribution is 2.42. The number of nitrogens with zero attached hydrogens (tertiary/aromatic N) is 1. The summed E-state index contributed by atoms with van der Waals surface area (Å²) in [5.41, 5.74) is 1.66. The lowest BCUT2D eigenvalue weighted by atomic mass is 9.78. The van der Waals surface area contributed by atoms with Gasteiger partial charge in [0, 0.05) is 13.1 Å². The maximum Gasteiger partial charge on any atom is 0.124 e. The summed E-state index contributed by atoms with van der Waals surface area (Å²) in [6, 6.07) is 6.56. The molecule has 1 aliphatic rings. The van der Waals surface area contributed by atoms with Gasteiger partial charge in [0.1, 0.15) is 5.82 Å². The molecular weight excluding hydrogens is 263 g/mol. The van der Waals surface area contributed by atoms with Crippen molar-refractivity contribution in [2.24, 2.45) is 11.3 Å². The van der Waals surface area contributed by atoms with Crippen LogP contribution < -0.4 is 5.32 Å². The van der Waals surface area contributed by atoms with Gasteiger partial charge in [-0.1, -0.05) is 26.7 Å². The maximum atomic E-state index is 13.4. The molecule has 114 valence electrons. The summed E-state index contributed by atoms with van der Waals surface area (Å²) in [5.74, 6) is 0.382. The molecule has 0 bridgehead atoms. The second-order valence-corrected chi connectivity index (χ2v) is 6.87. The lowest BCUT2D eigenvalue weighted by Gasteiger charge is -2.31. The summed E-state index contributed by atoms with van der Waals surface area (Å²) >= 11 is 0. The van der Waals surface area contributed by atoms with Crippen LogP contribution in [0.4, 0.5) is 4.39 Å². The third kappa shape index (κ3) is 4.54. The van der Waals surface area contributed by atoms with Crippen molar-refractivity contribution < 1.29 is 4.39 Å². The number of rotatable bonds is 6. The number of halogens is 1. The molecule has 1 aliphatic carbocycles. The van der Waals surface area contributed by atoms with E-state index in [0.29, 0.717) is 23.4 Å². The van der Waals surface area contributed by atoms with Gasteiger partial charge in [-0.25, -0.2) is 4.39 Å². The van der Waals surface area contributed by atoms with E-state index >= 15 is 0 Å². The van der Waals surface area contributed by atoms with Gasteiger partial charge in [-0.05, 0) is 54.4 Å². The fourth-order valence-corrected chi connectivity index (χ4v) is 3.73. The van der Waals surface area contributed by atoms with E-state index in [1.807, 2.05) is 6.07 Å². The zero-order chi connectivity index (χ0) is 15.3. The quantitative estimate of drug-likeness (QED) is 0.842. The van der Waals surface area contributed by atoms with E-state index < -0.39 is 0 Å². The van der Waals surface area contributed by atoms with Crippen molar-refractivity contribution in [3.8, 4) is 6.07 Å². The Morgan fingerprint density at radius 1 is 1.29 bits per heavy atom. The Morgan fingerprint density at radius 3 is 2.62 bits per heavy atom. The molecule has 0 aromatic heterocycles. The molecule has 3 heteroatoms. The fourth-order valence-electron chi connectivity index (χ4n) is 3.73. The topological polar surface area (TPSA) is 35.8 Å². The van der Waals surface area contributed by atoms with Gasteiger partial charge in [0.05, 0.1) is 11.6 Å². The van der Waals surface area contributed by atoms with Crippen molar-refractivity contribution in [3.05, 3.63) is 35.1 Å². The van der Waals surface area contributed by atoms with Crippen molar-refractivity contribution >= 4 is 0 Å². The Bertz CT molecular complexity index is 510. The molecule has 1 N–H and O–H groups in total. The van der Waals surface area contributed by atoms with Gasteiger partial charge in [-0.15, -0.1) is 0 Å². The predicted molar refractivity (Wildman–Crippen MR) is 83.2 cm³/mol. The van der Waals surface area contributed by atoms with Crippen LogP contribution in [-0.4, -0.2) is 6.54 Å². The molecule has 1 aromatic carbocycles. The Hall–Kier alpha value is -1.40. The third-order valence-corrected chi connectivity index (χ3v) is 4.42. The third-order valence-electron chi connectivity index (χ3n) is 4.42. The standard InChI is InChI=1S/C18H25FN2/c1-14(2)10-18(5-3-4-6-18)13-21-12-16-7-15(11-20)8-17(19)9-16/h7-9,14,21H,3-6,10,12-13H2,1-2H3. The minimum atomic E-state index is -0.330. The van der Waals surface area contributed by atoms with Crippen LogP contribution in [0.2, 0.25) is 0 Å². The van der Waals surface area contributed by atoms with Crippen LogP contribution >= 0.6 is 0 Å². The molecule has 0 spiro atoms. The van der Waals surface area contributed by atoms with Crippen LogP contribution in [0.5, 0.6) is 0 Å². The molecule has 0 radical (unpaired) electrons. The highest BCUT2D eigenvalue weighted by Gasteiger charge is 2.33. The molecule has 2 nitrogen and oxygen atoms in total. The summed E-state index contributed by atoms with van der Waals surface area (Å²) < 4.78 is 13.4. The van der Waals surface area contributed by atoms with Crippen molar-refractivity contribution in [2.75, 3.05) is 6.54 Å². The molecule has 21 heavy (non-hydrogen) atoms. The number of nitriles is 1. The Kier molecular flexibility index (Phi) is 5.36. The first-order valence-electron chi connectivity index (χ1n) is 7.93. The van der Waals surface area contributed by atoms with Crippen LogP contribution in [0, 0.1) is 28.5 Å². The van der Waals surface area contributed by atoms with E-state index in [-0.39, 0.29) is 5.82 Å². The summed E-state index contributed by atoms with van der Waals surface area (Å²) in [7, 11) is 0. The van der Waals surface area contributed by atoms with Gasteiger partial charge < -0.3 is 5.32 Å². The first kappa shape index (κ1) is 16.0.